The highest BCUT2D eigenvalue weighted by molar-refractivity contribution is 9.10. The van der Waals surface area contributed by atoms with Crippen LogP contribution in [0, 0.1) is 11.8 Å². The summed E-state index contributed by atoms with van der Waals surface area (Å²) in [5.41, 5.74) is 0. The molecule has 110 valence electrons. The fourth-order valence-corrected chi connectivity index (χ4v) is 2.98. The van der Waals surface area contributed by atoms with Gasteiger partial charge in [-0.15, -0.1) is 0 Å². The highest BCUT2D eigenvalue weighted by atomic mass is 79.9. The Morgan fingerprint density at radius 3 is 2.70 bits per heavy atom. The first-order valence-corrected chi connectivity index (χ1v) is 8.03. The third-order valence-electron chi connectivity index (χ3n) is 4.24. The summed E-state index contributed by atoms with van der Waals surface area (Å²) in [6.45, 7) is 4.57. The first-order chi connectivity index (χ1) is 9.56. The second-order valence-electron chi connectivity index (χ2n) is 5.68. The number of carbonyl (C=O) groups excluding carboxylic acids is 1. The Morgan fingerprint density at radius 1 is 1.30 bits per heavy atom. The molecule has 0 aliphatic heterocycles. The molecule has 1 aliphatic rings. The molecular formula is C16H22BrNO2. The van der Waals surface area contributed by atoms with Crippen molar-refractivity contribution in [2.75, 3.05) is 6.61 Å². The number of hydrogen-bond acceptors (Lipinski definition) is 2. The van der Waals surface area contributed by atoms with Crippen molar-refractivity contribution in [1.29, 1.82) is 0 Å². The largest absolute Gasteiger partial charge is 0.484 e. The molecule has 1 amide bonds. The fraction of sp³-hybridized carbons (Fsp3) is 0.562. The van der Waals surface area contributed by atoms with E-state index in [1.807, 2.05) is 24.3 Å². The summed E-state index contributed by atoms with van der Waals surface area (Å²) in [4.78, 5) is 12.0. The van der Waals surface area contributed by atoms with Crippen molar-refractivity contribution in [1.82, 2.24) is 5.32 Å². The lowest BCUT2D eigenvalue weighted by molar-refractivity contribution is -0.124. The van der Waals surface area contributed by atoms with Crippen molar-refractivity contribution in [2.24, 2.45) is 11.8 Å². The van der Waals surface area contributed by atoms with E-state index in [9.17, 15) is 4.79 Å². The van der Waals surface area contributed by atoms with Gasteiger partial charge in [-0.2, -0.15) is 0 Å². The van der Waals surface area contributed by atoms with E-state index in [-0.39, 0.29) is 12.5 Å². The van der Waals surface area contributed by atoms with Crippen LogP contribution in [0.5, 0.6) is 5.75 Å². The zero-order chi connectivity index (χ0) is 14.5. The summed E-state index contributed by atoms with van der Waals surface area (Å²) < 4.78 is 6.49. The topological polar surface area (TPSA) is 38.3 Å². The van der Waals surface area contributed by atoms with Gasteiger partial charge in [-0.05, 0) is 42.5 Å². The lowest BCUT2D eigenvalue weighted by atomic mass is 9.78. The molecule has 0 bridgehead atoms. The summed E-state index contributed by atoms with van der Waals surface area (Å²) in [6, 6.07) is 7.79. The van der Waals surface area contributed by atoms with Gasteiger partial charge in [0.1, 0.15) is 5.75 Å². The van der Waals surface area contributed by atoms with Crippen molar-refractivity contribution < 1.29 is 9.53 Å². The van der Waals surface area contributed by atoms with Gasteiger partial charge in [0.25, 0.3) is 5.91 Å². The molecule has 1 aliphatic carbocycles. The van der Waals surface area contributed by atoms with E-state index in [0.717, 1.165) is 10.9 Å². The van der Waals surface area contributed by atoms with E-state index in [0.29, 0.717) is 23.6 Å². The molecule has 3 atom stereocenters. The molecule has 1 aromatic rings. The molecule has 2 rings (SSSR count). The Kier molecular flexibility index (Phi) is 5.46. The van der Waals surface area contributed by atoms with Crippen LogP contribution in [0.3, 0.4) is 0 Å². The van der Waals surface area contributed by atoms with Gasteiger partial charge in [-0.3, -0.25) is 4.79 Å². The summed E-state index contributed by atoms with van der Waals surface area (Å²) in [5, 5.41) is 3.11. The molecule has 1 aromatic carbocycles. The molecule has 0 aromatic heterocycles. The van der Waals surface area contributed by atoms with Crippen LogP contribution in [0.1, 0.15) is 33.1 Å². The SMILES string of the molecule is CC1CCCC(NC(=O)COc2ccc(Br)cc2)C1C. The molecule has 1 N–H and O–H groups in total. The smallest absolute Gasteiger partial charge is 0.258 e. The lowest BCUT2D eigenvalue weighted by Gasteiger charge is -2.34. The Morgan fingerprint density at radius 2 is 2.00 bits per heavy atom. The van der Waals surface area contributed by atoms with Gasteiger partial charge in [0.05, 0.1) is 0 Å². The second-order valence-corrected chi connectivity index (χ2v) is 6.60. The third kappa shape index (κ3) is 4.23. The fourth-order valence-electron chi connectivity index (χ4n) is 2.71. The highest BCUT2D eigenvalue weighted by Crippen LogP contribution is 2.29. The molecule has 3 unspecified atom stereocenters. The second kappa shape index (κ2) is 7.11. The van der Waals surface area contributed by atoms with Crippen molar-refractivity contribution in [3.63, 3.8) is 0 Å². The minimum Gasteiger partial charge on any atom is -0.484 e. The summed E-state index contributed by atoms with van der Waals surface area (Å²) >= 11 is 3.37. The Labute approximate surface area is 129 Å². The Bertz CT molecular complexity index is 446. The predicted molar refractivity (Wildman–Crippen MR) is 83.7 cm³/mol. The van der Waals surface area contributed by atoms with Gasteiger partial charge in [0, 0.05) is 10.5 Å². The van der Waals surface area contributed by atoms with Crippen molar-refractivity contribution in [3.8, 4) is 5.75 Å². The monoisotopic (exact) mass is 339 g/mol. The predicted octanol–water partition coefficient (Wildman–Crippen LogP) is 3.77. The van der Waals surface area contributed by atoms with Crippen molar-refractivity contribution in [2.45, 2.75) is 39.2 Å². The van der Waals surface area contributed by atoms with Gasteiger partial charge in [-0.25, -0.2) is 0 Å². The van der Waals surface area contributed by atoms with Crippen LogP contribution in [0.25, 0.3) is 0 Å². The van der Waals surface area contributed by atoms with E-state index < -0.39 is 0 Å². The van der Waals surface area contributed by atoms with Gasteiger partial charge >= 0.3 is 0 Å². The van der Waals surface area contributed by atoms with E-state index in [1.165, 1.54) is 12.8 Å². The Balaban J connectivity index is 1.79. The molecule has 20 heavy (non-hydrogen) atoms. The van der Waals surface area contributed by atoms with Gasteiger partial charge < -0.3 is 10.1 Å². The van der Waals surface area contributed by atoms with Crippen LogP contribution in [0.2, 0.25) is 0 Å². The number of amides is 1. The van der Waals surface area contributed by atoms with Crippen molar-refractivity contribution >= 4 is 21.8 Å². The quantitative estimate of drug-likeness (QED) is 0.906. The number of rotatable bonds is 4. The van der Waals surface area contributed by atoms with Gasteiger partial charge in [0.2, 0.25) is 0 Å². The average molecular weight is 340 g/mol. The Hall–Kier alpha value is -1.03. The molecule has 4 heteroatoms. The minimum atomic E-state index is -0.0288. The van der Waals surface area contributed by atoms with E-state index in [1.54, 1.807) is 0 Å². The molecule has 0 heterocycles. The first kappa shape index (κ1) is 15.4. The molecule has 3 nitrogen and oxygen atoms in total. The number of benzene rings is 1. The normalized spacial score (nSPS) is 26.1. The van der Waals surface area contributed by atoms with Crippen LogP contribution >= 0.6 is 15.9 Å². The molecular weight excluding hydrogens is 318 g/mol. The third-order valence-corrected chi connectivity index (χ3v) is 4.77. The zero-order valence-corrected chi connectivity index (χ0v) is 13.7. The zero-order valence-electron chi connectivity index (χ0n) is 12.1. The van der Waals surface area contributed by atoms with E-state index in [4.69, 9.17) is 4.74 Å². The standard InChI is InChI=1S/C16H22BrNO2/c1-11-4-3-5-15(12(11)2)18-16(19)10-20-14-8-6-13(17)7-9-14/h6-9,11-12,15H,3-5,10H2,1-2H3,(H,18,19). The van der Waals surface area contributed by atoms with E-state index >= 15 is 0 Å². The molecule has 1 saturated carbocycles. The number of ether oxygens (including phenoxy) is 1. The summed E-state index contributed by atoms with van der Waals surface area (Å²) in [5.74, 6) is 1.91. The molecule has 0 radical (unpaired) electrons. The maximum atomic E-state index is 12.0. The van der Waals surface area contributed by atoms with Crippen LogP contribution in [-0.2, 0) is 4.79 Å². The number of nitrogens with one attached hydrogen (secondary N) is 1. The van der Waals surface area contributed by atoms with Crippen LogP contribution in [0.15, 0.2) is 28.7 Å². The average Bonchev–Trinajstić information content (AvgIpc) is 2.43. The molecule has 0 saturated heterocycles. The van der Waals surface area contributed by atoms with Crippen LogP contribution in [0.4, 0.5) is 0 Å². The van der Waals surface area contributed by atoms with E-state index in [2.05, 4.69) is 35.1 Å². The molecule has 0 spiro atoms. The van der Waals surface area contributed by atoms with Gasteiger partial charge in [0.15, 0.2) is 6.61 Å². The van der Waals surface area contributed by atoms with Gasteiger partial charge in [-0.1, -0.05) is 42.6 Å². The number of hydrogen-bond donors (Lipinski definition) is 1. The van der Waals surface area contributed by atoms with Crippen molar-refractivity contribution in [3.05, 3.63) is 28.7 Å². The molecule has 1 fully saturated rings. The lowest BCUT2D eigenvalue weighted by Crippen LogP contribution is -2.45. The van der Waals surface area contributed by atoms with Crippen LogP contribution < -0.4 is 10.1 Å². The number of carbonyl (C=O) groups is 1. The number of halogens is 1. The minimum absolute atomic E-state index is 0.0288. The maximum absolute atomic E-state index is 12.0. The summed E-state index contributed by atoms with van der Waals surface area (Å²) in [6.07, 6.45) is 3.54. The first-order valence-electron chi connectivity index (χ1n) is 7.24. The maximum Gasteiger partial charge on any atom is 0.258 e. The van der Waals surface area contributed by atoms with Crippen LogP contribution in [-0.4, -0.2) is 18.6 Å². The highest BCUT2D eigenvalue weighted by Gasteiger charge is 2.28. The summed E-state index contributed by atoms with van der Waals surface area (Å²) in [7, 11) is 0.